The third kappa shape index (κ3) is 2.68. The number of aromatic nitrogens is 2. The number of carbonyl (C=O) groups excluding carboxylic acids is 1. The maximum Gasteiger partial charge on any atom is 0.340 e. The van der Waals surface area contributed by atoms with Gasteiger partial charge in [0.15, 0.2) is 17.6 Å². The number of rotatable bonds is 4. The van der Waals surface area contributed by atoms with Gasteiger partial charge in [0.05, 0.1) is 29.0 Å². The molecule has 3 aliphatic heterocycles. The number of carbonyl (C=O) groups is 1. The van der Waals surface area contributed by atoms with Crippen molar-refractivity contribution in [1.82, 2.24) is 14.9 Å². The Balaban J connectivity index is 1.59. The van der Waals surface area contributed by atoms with E-state index in [9.17, 15) is 14.7 Å². The number of benzene rings is 1. The van der Waals surface area contributed by atoms with Gasteiger partial charge in [-0.2, -0.15) is 0 Å². The van der Waals surface area contributed by atoms with E-state index >= 15 is 0 Å². The summed E-state index contributed by atoms with van der Waals surface area (Å²) in [6.45, 7) is 3.98. The van der Waals surface area contributed by atoms with Gasteiger partial charge in [0.2, 0.25) is 6.79 Å². The number of hydrogen-bond acceptors (Lipinski definition) is 8. The van der Waals surface area contributed by atoms with Gasteiger partial charge in [-0.25, -0.2) is 9.78 Å². The van der Waals surface area contributed by atoms with Crippen molar-refractivity contribution >= 4 is 16.9 Å². The van der Waals surface area contributed by atoms with Gasteiger partial charge in [-0.05, 0) is 30.7 Å². The number of ether oxygens (including phenoxy) is 3. The van der Waals surface area contributed by atoms with E-state index in [1.165, 1.54) is 0 Å². The Labute approximate surface area is 182 Å². The van der Waals surface area contributed by atoms with Crippen LogP contribution in [-0.2, 0) is 29.2 Å². The molecular formula is C23H21N3O6. The fourth-order valence-corrected chi connectivity index (χ4v) is 4.69. The summed E-state index contributed by atoms with van der Waals surface area (Å²) in [7, 11) is 0. The number of hydrogen-bond donors (Lipinski definition) is 2. The van der Waals surface area contributed by atoms with Crippen molar-refractivity contribution in [2.24, 2.45) is 0 Å². The van der Waals surface area contributed by atoms with Gasteiger partial charge < -0.3 is 29.2 Å². The number of nitrogens with zero attached hydrogens (tertiary/aromatic N) is 2. The van der Waals surface area contributed by atoms with Crippen LogP contribution in [0.4, 0.5) is 0 Å². The number of pyridine rings is 2. The number of aliphatic hydroxyl groups excluding tert-OH is 1. The highest BCUT2D eigenvalue weighted by Gasteiger charge is 2.35. The summed E-state index contributed by atoms with van der Waals surface area (Å²) in [5.74, 6) is 0.568. The van der Waals surface area contributed by atoms with Crippen LogP contribution in [0.1, 0.15) is 41.7 Å². The lowest BCUT2D eigenvalue weighted by Gasteiger charge is -2.21. The Hall–Kier alpha value is -3.43. The summed E-state index contributed by atoms with van der Waals surface area (Å²) in [4.78, 5) is 30.0. The summed E-state index contributed by atoms with van der Waals surface area (Å²) in [6.07, 6.45) is -0.475. The lowest BCUT2D eigenvalue weighted by atomic mass is 9.98. The van der Waals surface area contributed by atoms with E-state index in [0.29, 0.717) is 47.1 Å². The number of esters is 1. The number of fused-ring (bicyclic) bond motifs is 6. The fourth-order valence-electron chi connectivity index (χ4n) is 4.69. The van der Waals surface area contributed by atoms with Crippen LogP contribution in [0, 0.1) is 0 Å². The lowest BCUT2D eigenvalue weighted by molar-refractivity contribution is -0.157. The zero-order valence-corrected chi connectivity index (χ0v) is 17.4. The molecule has 9 heteroatoms. The second-order valence-corrected chi connectivity index (χ2v) is 8.18. The molecule has 0 spiro atoms. The molecule has 3 aliphatic rings. The number of aliphatic hydroxyl groups is 1. The molecule has 164 valence electrons. The number of nitrogens with one attached hydrogen (secondary N) is 1. The third-order valence-corrected chi connectivity index (χ3v) is 6.30. The molecule has 0 amide bonds. The topological polar surface area (TPSA) is 112 Å². The van der Waals surface area contributed by atoms with Crippen molar-refractivity contribution in [2.45, 2.75) is 39.1 Å². The highest BCUT2D eigenvalue weighted by Crippen LogP contribution is 2.42. The first kappa shape index (κ1) is 19.3. The first-order valence-electron chi connectivity index (χ1n) is 10.6. The Bertz CT molecular complexity index is 1360. The van der Waals surface area contributed by atoms with Crippen LogP contribution in [0.5, 0.6) is 11.5 Å². The Morgan fingerprint density at radius 3 is 2.78 bits per heavy atom. The monoisotopic (exact) mass is 435 g/mol. The van der Waals surface area contributed by atoms with Crippen LogP contribution in [0.2, 0.25) is 0 Å². The molecular weight excluding hydrogens is 414 g/mol. The van der Waals surface area contributed by atoms with Crippen molar-refractivity contribution in [1.29, 1.82) is 0 Å². The minimum Gasteiger partial charge on any atom is -0.458 e. The molecule has 6 rings (SSSR count). The average Bonchev–Trinajstić information content (AvgIpc) is 3.39. The first-order valence-corrected chi connectivity index (χ1v) is 10.6. The van der Waals surface area contributed by atoms with E-state index in [-0.39, 0.29) is 19.0 Å². The molecule has 1 atom stereocenters. The molecule has 1 unspecified atom stereocenters. The van der Waals surface area contributed by atoms with E-state index in [2.05, 4.69) is 12.2 Å². The van der Waals surface area contributed by atoms with Gasteiger partial charge >= 0.3 is 5.97 Å². The van der Waals surface area contributed by atoms with Crippen LogP contribution < -0.4 is 20.3 Å². The summed E-state index contributed by atoms with van der Waals surface area (Å²) < 4.78 is 17.7. The second-order valence-electron chi connectivity index (χ2n) is 8.18. The predicted octanol–water partition coefficient (Wildman–Crippen LogP) is 1.74. The van der Waals surface area contributed by atoms with Crippen LogP contribution in [0.25, 0.3) is 22.3 Å². The van der Waals surface area contributed by atoms with Gasteiger partial charge in [-0.15, -0.1) is 0 Å². The van der Waals surface area contributed by atoms with Crippen LogP contribution in [0.3, 0.4) is 0 Å². The van der Waals surface area contributed by atoms with E-state index in [1.54, 1.807) is 10.6 Å². The molecule has 0 bridgehead atoms. The SMILES string of the molecule is CCCNCc1c2c(nc3cc4c(cc13)OCO4)-c1cc3c(c(=O)n1C2)COC(=O)C3O. The molecule has 32 heavy (non-hydrogen) atoms. The summed E-state index contributed by atoms with van der Waals surface area (Å²) in [5, 5.41) is 14.7. The standard InChI is InChI=1S/C23H21N3O6/c1-2-3-24-7-13-11-5-18-19(32-10-31-18)6-16(11)25-20-14(13)8-26-17(20)4-12-15(22(26)28)9-30-23(29)21(12)27/h4-6,21,24,27H,2-3,7-10H2,1H3. The van der Waals surface area contributed by atoms with Gasteiger partial charge in [-0.1, -0.05) is 6.92 Å². The van der Waals surface area contributed by atoms with Crippen LogP contribution in [0.15, 0.2) is 23.0 Å². The fraction of sp³-hybridized carbons (Fsp3) is 0.348. The predicted molar refractivity (Wildman–Crippen MR) is 113 cm³/mol. The van der Waals surface area contributed by atoms with Crippen molar-refractivity contribution in [3.63, 3.8) is 0 Å². The summed E-state index contributed by atoms with van der Waals surface area (Å²) in [5.41, 5.74) is 4.33. The molecule has 1 aromatic carbocycles. The van der Waals surface area contributed by atoms with Crippen molar-refractivity contribution in [3.05, 3.63) is 50.8 Å². The van der Waals surface area contributed by atoms with Crippen LogP contribution >= 0.6 is 0 Å². The normalized spacial score (nSPS) is 17.8. The molecule has 0 saturated carbocycles. The molecule has 9 nitrogen and oxygen atoms in total. The zero-order chi connectivity index (χ0) is 22.0. The largest absolute Gasteiger partial charge is 0.458 e. The van der Waals surface area contributed by atoms with Gasteiger partial charge in [-0.3, -0.25) is 4.79 Å². The molecule has 5 heterocycles. The molecule has 0 saturated heterocycles. The lowest BCUT2D eigenvalue weighted by Crippen LogP contribution is -2.32. The smallest absolute Gasteiger partial charge is 0.340 e. The zero-order valence-electron chi connectivity index (χ0n) is 17.4. The van der Waals surface area contributed by atoms with Gasteiger partial charge in [0.1, 0.15) is 6.61 Å². The van der Waals surface area contributed by atoms with Gasteiger partial charge in [0.25, 0.3) is 5.56 Å². The highest BCUT2D eigenvalue weighted by molar-refractivity contribution is 5.91. The molecule has 2 N–H and O–H groups in total. The van der Waals surface area contributed by atoms with E-state index < -0.39 is 12.1 Å². The molecule has 2 aromatic heterocycles. The Morgan fingerprint density at radius 2 is 1.97 bits per heavy atom. The Kier molecular flexibility index (Phi) is 4.24. The Morgan fingerprint density at radius 1 is 1.16 bits per heavy atom. The molecule has 0 fully saturated rings. The quantitative estimate of drug-likeness (QED) is 0.368. The minimum absolute atomic E-state index is 0.137. The molecule has 0 radical (unpaired) electrons. The third-order valence-electron chi connectivity index (χ3n) is 6.30. The summed E-state index contributed by atoms with van der Waals surface area (Å²) in [6, 6.07) is 5.50. The second kappa shape index (κ2) is 7.04. The van der Waals surface area contributed by atoms with E-state index in [0.717, 1.165) is 35.0 Å². The maximum atomic E-state index is 13.2. The van der Waals surface area contributed by atoms with Crippen molar-refractivity contribution < 1.29 is 24.1 Å². The number of cyclic esters (lactones) is 1. The van der Waals surface area contributed by atoms with E-state index in [1.807, 2.05) is 12.1 Å². The minimum atomic E-state index is -1.47. The van der Waals surface area contributed by atoms with Gasteiger partial charge in [0, 0.05) is 29.1 Å². The average molecular weight is 435 g/mol. The van der Waals surface area contributed by atoms with Crippen molar-refractivity contribution in [2.75, 3.05) is 13.3 Å². The molecule has 3 aromatic rings. The van der Waals surface area contributed by atoms with Crippen molar-refractivity contribution in [3.8, 4) is 22.9 Å². The summed E-state index contributed by atoms with van der Waals surface area (Å²) >= 11 is 0. The first-order chi connectivity index (χ1) is 15.6. The highest BCUT2D eigenvalue weighted by atomic mass is 16.7. The van der Waals surface area contributed by atoms with Crippen LogP contribution in [-0.4, -0.2) is 34.0 Å². The van der Waals surface area contributed by atoms with E-state index in [4.69, 9.17) is 19.2 Å². The molecule has 0 aliphatic carbocycles. The maximum absolute atomic E-state index is 13.2.